The second kappa shape index (κ2) is 3.92. The molecule has 0 N–H and O–H groups in total. The minimum atomic E-state index is -4.24. The van der Waals surface area contributed by atoms with Gasteiger partial charge in [0.2, 0.25) is 0 Å². The molecule has 0 aliphatic carbocycles. The van der Waals surface area contributed by atoms with Crippen LogP contribution >= 0.6 is 0 Å². The first-order chi connectivity index (χ1) is 5.24. The number of alkyl halides is 3. The van der Waals surface area contributed by atoms with Crippen LogP contribution in [0.2, 0.25) is 0 Å². The molecule has 0 aromatic carbocycles. The third-order valence-electron chi connectivity index (χ3n) is 1.78. The van der Waals surface area contributed by atoms with Gasteiger partial charge in [0.15, 0.2) is 0 Å². The number of Topliss-reactive ketones (excluding diaryl/α,β-unsaturated/α-hetero) is 1. The molecule has 0 heterocycles. The Kier molecular flexibility index (Phi) is 3.74. The summed E-state index contributed by atoms with van der Waals surface area (Å²) in [5, 5.41) is 0. The van der Waals surface area contributed by atoms with E-state index in [0.717, 1.165) is 0 Å². The van der Waals surface area contributed by atoms with Crippen LogP contribution in [0, 0.1) is 11.8 Å². The van der Waals surface area contributed by atoms with Crippen molar-refractivity contribution in [3.63, 3.8) is 0 Å². The third-order valence-corrected chi connectivity index (χ3v) is 1.78. The maximum Gasteiger partial charge on any atom is 0.389 e. The van der Waals surface area contributed by atoms with Gasteiger partial charge < -0.3 is 0 Å². The van der Waals surface area contributed by atoms with E-state index in [4.69, 9.17) is 0 Å². The van der Waals surface area contributed by atoms with Crippen molar-refractivity contribution in [2.24, 2.45) is 11.8 Å². The fourth-order valence-corrected chi connectivity index (χ4v) is 1.10. The van der Waals surface area contributed by atoms with Gasteiger partial charge in [-0.15, -0.1) is 0 Å². The molecular formula is C8H13F3O. The molecule has 0 rings (SSSR count). The molecule has 4 heteroatoms. The van der Waals surface area contributed by atoms with Crippen LogP contribution in [0.3, 0.4) is 0 Å². The largest absolute Gasteiger partial charge is 0.389 e. The van der Waals surface area contributed by atoms with E-state index in [1.165, 1.54) is 6.92 Å². The van der Waals surface area contributed by atoms with Gasteiger partial charge in [0, 0.05) is 5.92 Å². The smallest absolute Gasteiger partial charge is 0.300 e. The summed E-state index contributed by atoms with van der Waals surface area (Å²) in [4.78, 5) is 10.8. The molecule has 0 aromatic rings. The fourth-order valence-electron chi connectivity index (χ4n) is 1.10. The Morgan fingerprint density at radius 2 is 1.75 bits per heavy atom. The number of carbonyl (C=O) groups is 1. The summed E-state index contributed by atoms with van der Waals surface area (Å²) in [5.74, 6) is -1.52. The third kappa shape index (κ3) is 4.36. The monoisotopic (exact) mass is 182 g/mol. The van der Waals surface area contributed by atoms with Crippen LogP contribution in [0.1, 0.15) is 27.2 Å². The van der Waals surface area contributed by atoms with E-state index in [1.807, 2.05) is 0 Å². The Balaban J connectivity index is 4.25. The zero-order chi connectivity index (χ0) is 9.94. The molecular weight excluding hydrogens is 169 g/mol. The lowest BCUT2D eigenvalue weighted by atomic mass is 9.89. The van der Waals surface area contributed by atoms with Gasteiger partial charge in [-0.3, -0.25) is 4.79 Å². The first kappa shape index (κ1) is 11.5. The number of rotatable bonds is 3. The standard InChI is InChI=1S/C8H13F3O/c1-5(2)7(6(3)12)4-8(9,10)11/h5,7H,4H2,1-3H3. The lowest BCUT2D eigenvalue weighted by molar-refractivity contribution is -0.155. The number of hydrogen-bond acceptors (Lipinski definition) is 1. The van der Waals surface area contributed by atoms with Gasteiger partial charge in [-0.25, -0.2) is 0 Å². The van der Waals surface area contributed by atoms with E-state index in [2.05, 4.69) is 0 Å². The van der Waals surface area contributed by atoms with Crippen molar-refractivity contribution in [3.05, 3.63) is 0 Å². The van der Waals surface area contributed by atoms with Crippen LogP contribution in [-0.2, 0) is 4.79 Å². The summed E-state index contributed by atoms with van der Waals surface area (Å²) in [6.07, 6.45) is -5.24. The molecule has 12 heavy (non-hydrogen) atoms. The van der Waals surface area contributed by atoms with Gasteiger partial charge in [-0.2, -0.15) is 13.2 Å². The van der Waals surface area contributed by atoms with Gasteiger partial charge in [-0.1, -0.05) is 13.8 Å². The SMILES string of the molecule is CC(=O)C(CC(F)(F)F)C(C)C. The van der Waals surface area contributed by atoms with Crippen LogP contribution in [0.15, 0.2) is 0 Å². The van der Waals surface area contributed by atoms with E-state index >= 15 is 0 Å². The van der Waals surface area contributed by atoms with Gasteiger partial charge in [0.25, 0.3) is 0 Å². The van der Waals surface area contributed by atoms with Crippen LogP contribution in [0.5, 0.6) is 0 Å². The highest BCUT2D eigenvalue weighted by molar-refractivity contribution is 5.78. The Labute approximate surface area is 70.0 Å². The Morgan fingerprint density at radius 3 is 1.83 bits per heavy atom. The molecule has 0 spiro atoms. The topological polar surface area (TPSA) is 17.1 Å². The summed E-state index contributed by atoms with van der Waals surface area (Å²) in [5.41, 5.74) is 0. The van der Waals surface area contributed by atoms with E-state index in [9.17, 15) is 18.0 Å². The quantitative estimate of drug-likeness (QED) is 0.655. The lowest BCUT2D eigenvalue weighted by Gasteiger charge is -2.18. The number of hydrogen-bond donors (Lipinski definition) is 0. The second-order valence-corrected chi connectivity index (χ2v) is 3.28. The maximum absolute atomic E-state index is 11.9. The molecule has 0 saturated carbocycles. The lowest BCUT2D eigenvalue weighted by Crippen LogP contribution is -2.24. The van der Waals surface area contributed by atoms with Crippen molar-refractivity contribution >= 4 is 5.78 Å². The molecule has 0 amide bonds. The zero-order valence-corrected chi connectivity index (χ0v) is 7.40. The molecule has 0 radical (unpaired) electrons. The molecule has 0 aliphatic rings. The van der Waals surface area contributed by atoms with Crippen molar-refractivity contribution in [3.8, 4) is 0 Å². The van der Waals surface area contributed by atoms with Crippen molar-refractivity contribution in [2.75, 3.05) is 0 Å². The Bertz CT molecular complexity index is 160. The average molecular weight is 182 g/mol. The number of ketones is 1. The number of carbonyl (C=O) groups excluding carboxylic acids is 1. The van der Waals surface area contributed by atoms with E-state index in [0.29, 0.717) is 0 Å². The van der Waals surface area contributed by atoms with E-state index in [1.54, 1.807) is 13.8 Å². The maximum atomic E-state index is 11.9. The van der Waals surface area contributed by atoms with Crippen molar-refractivity contribution < 1.29 is 18.0 Å². The summed E-state index contributed by atoms with van der Waals surface area (Å²) >= 11 is 0. The zero-order valence-electron chi connectivity index (χ0n) is 7.40. The van der Waals surface area contributed by atoms with Crippen LogP contribution in [-0.4, -0.2) is 12.0 Å². The summed E-state index contributed by atoms with van der Waals surface area (Å²) in [6, 6.07) is 0. The molecule has 1 nitrogen and oxygen atoms in total. The molecule has 1 unspecified atom stereocenters. The minimum Gasteiger partial charge on any atom is -0.300 e. The summed E-state index contributed by atoms with van der Waals surface area (Å²) < 4.78 is 35.6. The molecule has 72 valence electrons. The molecule has 0 bridgehead atoms. The second-order valence-electron chi connectivity index (χ2n) is 3.28. The first-order valence-electron chi connectivity index (χ1n) is 3.81. The van der Waals surface area contributed by atoms with Gasteiger partial charge >= 0.3 is 6.18 Å². The molecule has 0 fully saturated rings. The van der Waals surface area contributed by atoms with Gasteiger partial charge in [0.05, 0.1) is 6.42 Å². The normalized spacial score (nSPS) is 14.9. The predicted octanol–water partition coefficient (Wildman–Crippen LogP) is 2.80. The summed E-state index contributed by atoms with van der Waals surface area (Å²) in [7, 11) is 0. The van der Waals surface area contributed by atoms with Crippen LogP contribution in [0.4, 0.5) is 13.2 Å². The van der Waals surface area contributed by atoms with E-state index in [-0.39, 0.29) is 11.7 Å². The van der Waals surface area contributed by atoms with Crippen molar-refractivity contribution in [1.82, 2.24) is 0 Å². The highest BCUT2D eigenvalue weighted by atomic mass is 19.4. The van der Waals surface area contributed by atoms with Crippen LogP contribution < -0.4 is 0 Å². The summed E-state index contributed by atoms with van der Waals surface area (Å²) in [6.45, 7) is 4.45. The van der Waals surface area contributed by atoms with Crippen molar-refractivity contribution in [1.29, 1.82) is 0 Å². The first-order valence-corrected chi connectivity index (χ1v) is 3.81. The Hall–Kier alpha value is -0.540. The minimum absolute atomic E-state index is 0.246. The molecule has 0 saturated heterocycles. The predicted molar refractivity (Wildman–Crippen MR) is 39.7 cm³/mol. The van der Waals surface area contributed by atoms with E-state index < -0.39 is 18.5 Å². The highest BCUT2D eigenvalue weighted by Gasteiger charge is 2.35. The average Bonchev–Trinajstić information content (AvgIpc) is 1.79. The van der Waals surface area contributed by atoms with Crippen molar-refractivity contribution in [2.45, 2.75) is 33.4 Å². The molecule has 0 aliphatic heterocycles. The van der Waals surface area contributed by atoms with Crippen LogP contribution in [0.25, 0.3) is 0 Å². The number of halogens is 3. The Morgan fingerprint density at radius 1 is 1.33 bits per heavy atom. The molecule has 0 aromatic heterocycles. The van der Waals surface area contributed by atoms with Gasteiger partial charge in [0.1, 0.15) is 5.78 Å². The highest BCUT2D eigenvalue weighted by Crippen LogP contribution is 2.29. The molecule has 1 atom stereocenters. The van der Waals surface area contributed by atoms with Gasteiger partial charge in [-0.05, 0) is 12.8 Å². The fraction of sp³-hybridized carbons (Fsp3) is 0.875.